The number of aliphatic hydroxyl groups is 1. The summed E-state index contributed by atoms with van der Waals surface area (Å²) in [4.78, 5) is 0. The lowest BCUT2D eigenvalue weighted by Crippen LogP contribution is -2.38. The number of hydrogen-bond donors (Lipinski definition) is 2. The molecule has 1 aromatic carbocycles. The molecule has 3 rings (SSSR count). The highest BCUT2D eigenvalue weighted by Gasteiger charge is 2.18. The first kappa shape index (κ1) is 16.8. The minimum atomic E-state index is -0.401. The summed E-state index contributed by atoms with van der Waals surface area (Å²) in [6.07, 6.45) is 6.05. The second kappa shape index (κ2) is 7.25. The molecule has 1 saturated carbocycles. The summed E-state index contributed by atoms with van der Waals surface area (Å²) >= 11 is 6.41. The first-order valence-electron chi connectivity index (χ1n) is 8.73. The number of para-hydroxylation sites is 1. The number of halogens is 1. The second-order valence-electron chi connectivity index (χ2n) is 6.85. The van der Waals surface area contributed by atoms with Crippen LogP contribution < -0.4 is 5.32 Å². The minimum Gasteiger partial charge on any atom is -0.390 e. The molecule has 1 heterocycles. The maximum Gasteiger partial charge on any atom is 0.0843 e. The van der Waals surface area contributed by atoms with E-state index in [1.54, 1.807) is 0 Å². The molecule has 1 atom stereocenters. The molecule has 2 N–H and O–H groups in total. The lowest BCUT2D eigenvalue weighted by Gasteiger charge is -2.24. The van der Waals surface area contributed by atoms with Gasteiger partial charge in [0.05, 0.1) is 23.2 Å². The molecule has 0 saturated heterocycles. The van der Waals surface area contributed by atoms with Crippen molar-refractivity contribution >= 4 is 22.5 Å². The van der Waals surface area contributed by atoms with Gasteiger partial charge in [0.1, 0.15) is 0 Å². The molecule has 0 radical (unpaired) electrons. The number of hydrogen-bond acceptors (Lipinski definition) is 2. The van der Waals surface area contributed by atoms with E-state index in [0.717, 1.165) is 10.5 Å². The highest BCUT2D eigenvalue weighted by Crippen LogP contribution is 2.30. The summed E-state index contributed by atoms with van der Waals surface area (Å²) < 4.78 is 2.17. The van der Waals surface area contributed by atoms with Gasteiger partial charge in [-0.15, -0.1) is 0 Å². The molecular formula is C19H27ClN2O. The normalized spacial score (nSPS) is 17.7. The molecule has 0 amide bonds. The molecule has 0 unspecified atom stereocenters. The maximum atomic E-state index is 10.5. The lowest BCUT2D eigenvalue weighted by molar-refractivity contribution is 0.145. The SMILES string of the molecule is Cc1c(C)n(C[C@H](O)CNC2CCCCC2)c2c(Cl)cccc12. The van der Waals surface area contributed by atoms with Crippen molar-refractivity contribution in [1.29, 1.82) is 0 Å². The van der Waals surface area contributed by atoms with Crippen LogP contribution in [0.5, 0.6) is 0 Å². The van der Waals surface area contributed by atoms with Crippen molar-refractivity contribution in [3.63, 3.8) is 0 Å². The molecule has 0 aliphatic heterocycles. The van der Waals surface area contributed by atoms with Gasteiger partial charge in [0, 0.05) is 23.7 Å². The molecule has 1 aromatic heterocycles. The molecule has 1 aliphatic rings. The Labute approximate surface area is 143 Å². The fourth-order valence-corrected chi connectivity index (χ4v) is 4.05. The van der Waals surface area contributed by atoms with E-state index in [-0.39, 0.29) is 0 Å². The zero-order chi connectivity index (χ0) is 16.4. The Hall–Kier alpha value is -1.03. The van der Waals surface area contributed by atoms with Crippen LogP contribution in [0.3, 0.4) is 0 Å². The van der Waals surface area contributed by atoms with E-state index in [1.807, 2.05) is 12.1 Å². The highest BCUT2D eigenvalue weighted by molar-refractivity contribution is 6.35. The fraction of sp³-hybridized carbons (Fsp3) is 0.579. The van der Waals surface area contributed by atoms with Crippen LogP contribution in [0.25, 0.3) is 10.9 Å². The summed E-state index contributed by atoms with van der Waals surface area (Å²) in [5, 5.41) is 16.0. The molecule has 0 bridgehead atoms. The Morgan fingerprint density at radius 3 is 2.74 bits per heavy atom. The summed E-state index contributed by atoms with van der Waals surface area (Å²) in [5.41, 5.74) is 3.47. The second-order valence-corrected chi connectivity index (χ2v) is 7.26. The summed E-state index contributed by atoms with van der Waals surface area (Å²) in [6, 6.07) is 6.59. The number of aliphatic hydroxyl groups excluding tert-OH is 1. The Bertz CT molecular complexity index is 674. The smallest absolute Gasteiger partial charge is 0.0843 e. The van der Waals surface area contributed by atoms with Gasteiger partial charge in [0.15, 0.2) is 0 Å². The maximum absolute atomic E-state index is 10.5. The van der Waals surface area contributed by atoms with Crippen LogP contribution in [0.15, 0.2) is 18.2 Å². The van der Waals surface area contributed by atoms with Gasteiger partial charge in [-0.25, -0.2) is 0 Å². The van der Waals surface area contributed by atoms with Crippen molar-refractivity contribution < 1.29 is 5.11 Å². The van der Waals surface area contributed by atoms with Crippen LogP contribution in [-0.2, 0) is 6.54 Å². The van der Waals surface area contributed by atoms with Crippen LogP contribution in [0.1, 0.15) is 43.4 Å². The predicted octanol–water partition coefficient (Wildman–Crippen LogP) is 4.19. The van der Waals surface area contributed by atoms with E-state index in [0.29, 0.717) is 19.1 Å². The minimum absolute atomic E-state index is 0.401. The molecule has 3 nitrogen and oxygen atoms in total. The van der Waals surface area contributed by atoms with Gasteiger partial charge in [0.2, 0.25) is 0 Å². The highest BCUT2D eigenvalue weighted by atomic mass is 35.5. The van der Waals surface area contributed by atoms with Crippen molar-refractivity contribution in [2.24, 2.45) is 0 Å². The van der Waals surface area contributed by atoms with Crippen molar-refractivity contribution in [1.82, 2.24) is 9.88 Å². The zero-order valence-electron chi connectivity index (χ0n) is 14.1. The van der Waals surface area contributed by atoms with E-state index in [9.17, 15) is 5.11 Å². The van der Waals surface area contributed by atoms with E-state index in [1.165, 1.54) is 48.7 Å². The molecule has 1 fully saturated rings. The number of rotatable bonds is 5. The standard InChI is InChI=1S/C19H27ClN2O/c1-13-14(2)22(19-17(13)9-6-10-18(19)20)12-16(23)11-21-15-7-4-3-5-8-15/h6,9-10,15-16,21,23H,3-5,7-8,11-12H2,1-2H3/t16-/m1/s1. The van der Waals surface area contributed by atoms with Crippen LogP contribution in [0.2, 0.25) is 5.02 Å². The van der Waals surface area contributed by atoms with Gasteiger partial charge >= 0.3 is 0 Å². The summed E-state index contributed by atoms with van der Waals surface area (Å²) in [7, 11) is 0. The Balaban J connectivity index is 1.72. The van der Waals surface area contributed by atoms with Gasteiger partial charge in [-0.3, -0.25) is 0 Å². The van der Waals surface area contributed by atoms with Crippen molar-refractivity contribution in [2.45, 2.75) is 64.6 Å². The fourth-order valence-electron chi connectivity index (χ4n) is 3.77. The van der Waals surface area contributed by atoms with E-state index in [2.05, 4.69) is 29.8 Å². The lowest BCUT2D eigenvalue weighted by atomic mass is 9.95. The van der Waals surface area contributed by atoms with Crippen LogP contribution in [0, 0.1) is 13.8 Å². The summed E-state index contributed by atoms with van der Waals surface area (Å²) in [6.45, 7) is 5.46. The van der Waals surface area contributed by atoms with Crippen molar-refractivity contribution in [2.75, 3.05) is 6.54 Å². The van der Waals surface area contributed by atoms with Gasteiger partial charge in [-0.05, 0) is 38.3 Å². The number of nitrogens with zero attached hydrogens (tertiary/aromatic N) is 1. The number of nitrogens with one attached hydrogen (secondary N) is 1. The molecule has 0 spiro atoms. The molecule has 126 valence electrons. The monoisotopic (exact) mass is 334 g/mol. The van der Waals surface area contributed by atoms with E-state index in [4.69, 9.17) is 11.6 Å². The predicted molar refractivity (Wildman–Crippen MR) is 97.3 cm³/mol. The molecule has 4 heteroatoms. The van der Waals surface area contributed by atoms with Gasteiger partial charge in [0.25, 0.3) is 0 Å². The summed E-state index contributed by atoms with van der Waals surface area (Å²) in [5.74, 6) is 0. The van der Waals surface area contributed by atoms with Crippen LogP contribution >= 0.6 is 11.6 Å². The Morgan fingerprint density at radius 2 is 2.00 bits per heavy atom. The topological polar surface area (TPSA) is 37.2 Å². The Morgan fingerprint density at radius 1 is 1.26 bits per heavy atom. The Kier molecular flexibility index (Phi) is 5.30. The number of aryl methyl sites for hydroxylation is 1. The third-order valence-electron chi connectivity index (χ3n) is 5.25. The molecule has 2 aromatic rings. The van der Waals surface area contributed by atoms with Crippen LogP contribution in [-0.4, -0.2) is 28.4 Å². The number of benzene rings is 1. The molecular weight excluding hydrogens is 308 g/mol. The first-order valence-corrected chi connectivity index (χ1v) is 9.11. The average molecular weight is 335 g/mol. The van der Waals surface area contributed by atoms with Crippen molar-refractivity contribution in [3.05, 3.63) is 34.5 Å². The van der Waals surface area contributed by atoms with E-state index < -0.39 is 6.10 Å². The number of aromatic nitrogens is 1. The molecule has 23 heavy (non-hydrogen) atoms. The first-order chi connectivity index (χ1) is 11.1. The quantitative estimate of drug-likeness (QED) is 0.860. The number of fused-ring (bicyclic) bond motifs is 1. The largest absolute Gasteiger partial charge is 0.390 e. The van der Waals surface area contributed by atoms with Crippen LogP contribution in [0.4, 0.5) is 0 Å². The van der Waals surface area contributed by atoms with Crippen molar-refractivity contribution in [3.8, 4) is 0 Å². The third-order valence-corrected chi connectivity index (χ3v) is 5.55. The zero-order valence-corrected chi connectivity index (χ0v) is 14.9. The van der Waals surface area contributed by atoms with Gasteiger partial charge < -0.3 is 15.0 Å². The average Bonchev–Trinajstić information content (AvgIpc) is 2.80. The molecule has 1 aliphatic carbocycles. The van der Waals surface area contributed by atoms with Gasteiger partial charge in [-0.2, -0.15) is 0 Å². The van der Waals surface area contributed by atoms with Gasteiger partial charge in [-0.1, -0.05) is 43.0 Å². The van der Waals surface area contributed by atoms with E-state index >= 15 is 0 Å². The third kappa shape index (κ3) is 3.57.